The first-order valence-electron chi connectivity index (χ1n) is 10.2. The molecule has 0 saturated heterocycles. The van der Waals surface area contributed by atoms with E-state index >= 15 is 0 Å². The van der Waals surface area contributed by atoms with E-state index in [0.717, 1.165) is 24.0 Å². The Bertz CT molecular complexity index is 940. The van der Waals surface area contributed by atoms with Crippen molar-refractivity contribution in [2.24, 2.45) is 5.92 Å². The van der Waals surface area contributed by atoms with Crippen LogP contribution < -0.4 is 10.1 Å². The van der Waals surface area contributed by atoms with E-state index in [1.54, 1.807) is 25.1 Å². The summed E-state index contributed by atoms with van der Waals surface area (Å²) in [6.45, 7) is 2.80. The fraction of sp³-hybridized carbons (Fsp3) is 0.435. The highest BCUT2D eigenvalue weighted by Gasteiger charge is 2.39. The van der Waals surface area contributed by atoms with E-state index in [1.807, 2.05) is 6.07 Å². The number of carboxylic acids is 1. The van der Waals surface area contributed by atoms with Crippen LogP contribution in [-0.2, 0) is 4.79 Å². The molecule has 0 aromatic heterocycles. The Morgan fingerprint density at radius 3 is 2.66 bits per heavy atom. The molecule has 3 aliphatic carbocycles. The molecule has 2 N–H and O–H groups in total. The van der Waals surface area contributed by atoms with Crippen molar-refractivity contribution in [2.75, 3.05) is 13.2 Å². The number of aryl methyl sites for hydroxylation is 1. The van der Waals surface area contributed by atoms with Crippen molar-refractivity contribution in [3.8, 4) is 16.9 Å². The topological polar surface area (TPSA) is 58.6 Å². The fourth-order valence-electron chi connectivity index (χ4n) is 4.23. The Morgan fingerprint density at radius 1 is 1.21 bits per heavy atom. The van der Waals surface area contributed by atoms with Gasteiger partial charge in [0.2, 0.25) is 0 Å². The summed E-state index contributed by atoms with van der Waals surface area (Å²) in [4.78, 5) is 10.7. The summed E-state index contributed by atoms with van der Waals surface area (Å²) in [5.74, 6) is -1.45. The van der Waals surface area contributed by atoms with Crippen molar-refractivity contribution in [1.82, 2.24) is 5.32 Å². The summed E-state index contributed by atoms with van der Waals surface area (Å²) >= 11 is 0. The lowest BCUT2D eigenvalue weighted by atomic mass is 9.74. The highest BCUT2D eigenvalue weighted by molar-refractivity contribution is 5.80. The van der Waals surface area contributed by atoms with Crippen LogP contribution in [0, 0.1) is 24.5 Å². The molecule has 2 bridgehead atoms. The van der Waals surface area contributed by atoms with Crippen LogP contribution in [-0.4, -0.2) is 24.2 Å². The first kappa shape index (κ1) is 19.8. The minimum atomic E-state index is -0.870. The van der Waals surface area contributed by atoms with Crippen LogP contribution in [0.15, 0.2) is 24.3 Å². The summed E-state index contributed by atoms with van der Waals surface area (Å²) in [5, 5.41) is 12.0. The summed E-state index contributed by atoms with van der Waals surface area (Å²) in [7, 11) is 0. The van der Waals surface area contributed by atoms with E-state index in [1.165, 1.54) is 6.42 Å². The van der Waals surface area contributed by atoms with Gasteiger partial charge in [-0.2, -0.15) is 0 Å². The van der Waals surface area contributed by atoms with Crippen LogP contribution in [0.4, 0.5) is 8.78 Å². The maximum absolute atomic E-state index is 15.0. The zero-order valence-corrected chi connectivity index (χ0v) is 16.4. The Labute approximate surface area is 168 Å². The molecule has 154 valence electrons. The molecule has 1 unspecified atom stereocenters. The minimum Gasteiger partial charge on any atom is -0.493 e. The van der Waals surface area contributed by atoms with Crippen LogP contribution >= 0.6 is 0 Å². The number of nitrogens with one attached hydrogen (secondary N) is 1. The normalized spacial score (nSPS) is 17.6. The van der Waals surface area contributed by atoms with Gasteiger partial charge in [-0.1, -0.05) is 24.6 Å². The molecule has 1 fully saturated rings. The third kappa shape index (κ3) is 3.62. The zero-order valence-electron chi connectivity index (χ0n) is 16.4. The smallest absolute Gasteiger partial charge is 0.303 e. The van der Waals surface area contributed by atoms with E-state index in [9.17, 15) is 13.6 Å². The number of aliphatic carboxylic acids is 1. The predicted octanol–water partition coefficient (Wildman–Crippen LogP) is 4.98. The van der Waals surface area contributed by atoms with Crippen molar-refractivity contribution in [3.63, 3.8) is 0 Å². The van der Waals surface area contributed by atoms with Gasteiger partial charge in [0, 0.05) is 23.1 Å². The fourth-order valence-corrected chi connectivity index (χ4v) is 4.23. The lowest BCUT2D eigenvalue weighted by molar-refractivity contribution is -0.137. The molecule has 0 amide bonds. The number of halogens is 2. The molecule has 6 heteroatoms. The van der Waals surface area contributed by atoms with Gasteiger partial charge >= 0.3 is 5.97 Å². The second-order valence-corrected chi connectivity index (χ2v) is 7.94. The average molecular weight is 401 g/mol. The van der Waals surface area contributed by atoms with E-state index in [-0.39, 0.29) is 12.0 Å². The van der Waals surface area contributed by atoms with Gasteiger partial charge in [0.25, 0.3) is 0 Å². The molecular formula is C23H25F2NO3. The largest absolute Gasteiger partial charge is 0.493 e. The molecule has 0 spiro atoms. The lowest BCUT2D eigenvalue weighted by Gasteiger charge is -2.37. The highest BCUT2D eigenvalue weighted by Crippen LogP contribution is 2.50. The third-order valence-corrected chi connectivity index (χ3v) is 6.07. The summed E-state index contributed by atoms with van der Waals surface area (Å²) in [6, 6.07) is 6.78. The van der Waals surface area contributed by atoms with Crippen molar-refractivity contribution in [1.29, 1.82) is 0 Å². The number of para-hydroxylation sites is 1. The van der Waals surface area contributed by atoms with Gasteiger partial charge in [-0.25, -0.2) is 8.78 Å². The number of hydrogen-bond donors (Lipinski definition) is 2. The number of hydrogen-bond acceptors (Lipinski definition) is 3. The van der Waals surface area contributed by atoms with Gasteiger partial charge in [0.15, 0.2) is 11.6 Å². The summed E-state index contributed by atoms with van der Waals surface area (Å²) < 4.78 is 35.8. The molecule has 0 aliphatic heterocycles. The number of fused-ring (bicyclic) bond motifs is 2. The van der Waals surface area contributed by atoms with Crippen molar-refractivity contribution in [2.45, 2.75) is 45.1 Å². The molecule has 0 heterocycles. The summed E-state index contributed by atoms with van der Waals surface area (Å²) in [6.07, 6.45) is 3.97. The molecule has 4 nitrogen and oxygen atoms in total. The van der Waals surface area contributed by atoms with E-state index in [2.05, 4.69) is 5.32 Å². The van der Waals surface area contributed by atoms with Gasteiger partial charge in [-0.05, 0) is 55.8 Å². The van der Waals surface area contributed by atoms with Gasteiger partial charge < -0.3 is 15.2 Å². The number of benzene rings is 2. The molecule has 29 heavy (non-hydrogen) atoms. The molecular weight excluding hydrogens is 376 g/mol. The number of carbonyl (C=O) groups is 1. The Kier molecular flexibility index (Phi) is 5.54. The molecule has 3 aliphatic rings. The molecule has 2 aromatic carbocycles. The Balaban J connectivity index is 1.62. The van der Waals surface area contributed by atoms with Gasteiger partial charge in [-0.15, -0.1) is 0 Å². The summed E-state index contributed by atoms with van der Waals surface area (Å²) in [5.41, 5.74) is 2.61. The van der Waals surface area contributed by atoms with Gasteiger partial charge in [0.05, 0.1) is 12.6 Å². The van der Waals surface area contributed by atoms with Crippen LogP contribution in [0.3, 0.4) is 0 Å². The maximum atomic E-state index is 15.0. The maximum Gasteiger partial charge on any atom is 0.303 e. The first-order valence-corrected chi connectivity index (χ1v) is 10.2. The molecule has 5 rings (SSSR count). The van der Waals surface area contributed by atoms with Crippen molar-refractivity contribution < 1.29 is 23.4 Å². The quantitative estimate of drug-likeness (QED) is 0.582. The average Bonchev–Trinajstić information content (AvgIpc) is 2.65. The van der Waals surface area contributed by atoms with Crippen LogP contribution in [0.25, 0.3) is 11.1 Å². The second-order valence-electron chi connectivity index (χ2n) is 7.94. The number of ether oxygens (including phenoxy) is 1. The van der Waals surface area contributed by atoms with Crippen LogP contribution in [0.1, 0.15) is 54.8 Å². The van der Waals surface area contributed by atoms with Crippen molar-refractivity contribution >= 4 is 5.97 Å². The lowest BCUT2D eigenvalue weighted by Crippen LogP contribution is -2.34. The zero-order chi connectivity index (χ0) is 20.5. The highest BCUT2D eigenvalue weighted by atomic mass is 19.2. The molecule has 1 saturated carbocycles. The monoisotopic (exact) mass is 401 g/mol. The van der Waals surface area contributed by atoms with Crippen LogP contribution in [0.2, 0.25) is 0 Å². The second kappa shape index (κ2) is 8.11. The molecule has 0 radical (unpaired) electrons. The molecule has 1 atom stereocenters. The van der Waals surface area contributed by atoms with Gasteiger partial charge in [-0.3, -0.25) is 4.79 Å². The van der Waals surface area contributed by atoms with Gasteiger partial charge in [0.1, 0.15) is 5.75 Å². The number of carboxylic acid groups (broad SMARTS) is 1. The number of rotatable bonds is 9. The van der Waals surface area contributed by atoms with E-state index < -0.39 is 23.6 Å². The van der Waals surface area contributed by atoms with E-state index in [0.29, 0.717) is 42.4 Å². The minimum absolute atomic E-state index is 0.0359. The first-order chi connectivity index (χ1) is 14.0. The Hall–Kier alpha value is -2.47. The Morgan fingerprint density at radius 2 is 1.97 bits per heavy atom. The third-order valence-electron chi connectivity index (χ3n) is 6.07. The van der Waals surface area contributed by atoms with E-state index in [4.69, 9.17) is 9.84 Å². The molecule has 2 aromatic rings. The predicted molar refractivity (Wildman–Crippen MR) is 106 cm³/mol. The van der Waals surface area contributed by atoms with Crippen LogP contribution in [0.5, 0.6) is 5.75 Å². The SMILES string of the molecule is Cc1c2c(F)c(F)c(-c3ccccc3OCC3CCC3)c1C2NCCCC(=O)O. The van der Waals surface area contributed by atoms with Crippen molar-refractivity contribution in [3.05, 3.63) is 52.6 Å². The standard InChI is InChI=1S/C23H25F2NO3/c1-13-18-20(15-8-2-3-9-16(15)29-12-14-6-4-7-14)22(25)21(24)19(13)23(18)26-11-5-10-17(27)28/h2-3,8-9,14,23,26H,4-7,10-12H2,1H3,(H,27,28).